The maximum Gasteiger partial charge on any atom is 0.229 e. The molecule has 1 aromatic carbocycles. The van der Waals surface area contributed by atoms with Crippen molar-refractivity contribution >= 4 is 38.7 Å². The average Bonchev–Trinajstić information content (AvgIpc) is 3.44. The fraction of sp³-hybridized carbons (Fsp3) is 0.192. The van der Waals surface area contributed by atoms with Gasteiger partial charge in [0.1, 0.15) is 6.04 Å². The van der Waals surface area contributed by atoms with Crippen LogP contribution in [0.3, 0.4) is 0 Å². The molecule has 4 heterocycles. The van der Waals surface area contributed by atoms with Crippen LogP contribution in [0.5, 0.6) is 0 Å². The summed E-state index contributed by atoms with van der Waals surface area (Å²) in [4.78, 5) is 11.0. The number of rotatable bonds is 7. The molecular formula is C26H26N6O2S2. The summed E-state index contributed by atoms with van der Waals surface area (Å²) in [5, 5.41) is 4.06. The molecule has 0 amide bonds. The first-order valence-electron chi connectivity index (χ1n) is 11.4. The molecule has 0 spiro atoms. The number of aryl methyl sites for hydroxylation is 1. The lowest BCUT2D eigenvalue weighted by molar-refractivity contribution is 0.533. The molecule has 0 unspecified atom stereocenters. The molecule has 10 heteroatoms. The summed E-state index contributed by atoms with van der Waals surface area (Å²) in [6, 6.07) is 19.2. The fourth-order valence-electron chi connectivity index (χ4n) is 4.57. The molecule has 1 saturated heterocycles. The van der Waals surface area contributed by atoms with Crippen molar-refractivity contribution in [2.45, 2.75) is 25.6 Å². The minimum Gasteiger partial charge on any atom is -0.351 e. The van der Waals surface area contributed by atoms with Gasteiger partial charge in [0, 0.05) is 42.7 Å². The number of thiocarbonyl (C=S) groups is 1. The lowest BCUT2D eigenvalue weighted by Crippen LogP contribution is -2.30. The zero-order valence-electron chi connectivity index (χ0n) is 19.9. The lowest BCUT2D eigenvalue weighted by atomic mass is 10.0. The standard InChI is InChI=1S/C26H26N6O2S2/c1-18-15-20(10-11-21(18)30-36(2,33)34)32-25(24(29-26(32)35)22-8-3-4-13-28-22)23-9-6-14-31(23)17-19-7-5-12-27-16-19/h3-16,24-25,30H,17H2,1-2H3,(H,29,35)/t24-,25+/m0/s1. The van der Waals surface area contributed by atoms with E-state index in [-0.39, 0.29) is 12.1 Å². The Balaban J connectivity index is 1.58. The number of benzene rings is 1. The van der Waals surface area contributed by atoms with Crippen LogP contribution in [0.4, 0.5) is 11.4 Å². The molecule has 36 heavy (non-hydrogen) atoms. The third kappa shape index (κ3) is 4.95. The number of hydrogen-bond acceptors (Lipinski definition) is 5. The second kappa shape index (κ2) is 9.71. The van der Waals surface area contributed by atoms with Crippen LogP contribution in [0.2, 0.25) is 0 Å². The molecule has 0 saturated carbocycles. The van der Waals surface area contributed by atoms with E-state index in [0.29, 0.717) is 17.3 Å². The Bertz CT molecular complexity index is 1490. The zero-order valence-corrected chi connectivity index (χ0v) is 21.5. The highest BCUT2D eigenvalue weighted by Gasteiger charge is 2.42. The fourth-order valence-corrected chi connectivity index (χ4v) is 5.55. The highest BCUT2D eigenvalue weighted by atomic mass is 32.2. The number of anilines is 2. The molecule has 2 atom stereocenters. The Labute approximate surface area is 216 Å². The van der Waals surface area contributed by atoms with Crippen LogP contribution in [0.15, 0.2) is 85.5 Å². The van der Waals surface area contributed by atoms with Crippen molar-refractivity contribution in [3.8, 4) is 0 Å². The first kappa shape index (κ1) is 24.0. The number of hydrogen-bond donors (Lipinski definition) is 2. The van der Waals surface area contributed by atoms with Crippen molar-refractivity contribution in [2.24, 2.45) is 0 Å². The molecule has 184 valence electrons. The van der Waals surface area contributed by atoms with Crippen molar-refractivity contribution in [2.75, 3.05) is 15.9 Å². The SMILES string of the molecule is Cc1cc(N2C(=S)N[C@@H](c3ccccn3)[C@H]2c2cccn2Cc2cccnc2)ccc1NS(C)(=O)=O. The van der Waals surface area contributed by atoms with Gasteiger partial charge in [-0.2, -0.15) is 0 Å². The van der Waals surface area contributed by atoms with Gasteiger partial charge in [0.2, 0.25) is 10.0 Å². The molecule has 1 fully saturated rings. The van der Waals surface area contributed by atoms with Gasteiger partial charge >= 0.3 is 0 Å². The Morgan fingerprint density at radius 2 is 1.94 bits per heavy atom. The van der Waals surface area contributed by atoms with Gasteiger partial charge in [-0.1, -0.05) is 12.1 Å². The van der Waals surface area contributed by atoms with E-state index in [4.69, 9.17) is 12.2 Å². The molecule has 0 aliphatic carbocycles. The van der Waals surface area contributed by atoms with Crippen LogP contribution in [-0.4, -0.2) is 34.3 Å². The molecule has 2 N–H and O–H groups in total. The summed E-state index contributed by atoms with van der Waals surface area (Å²) in [6.07, 6.45) is 8.62. The highest BCUT2D eigenvalue weighted by molar-refractivity contribution is 7.92. The Morgan fingerprint density at radius 3 is 2.64 bits per heavy atom. The highest BCUT2D eigenvalue weighted by Crippen LogP contribution is 2.42. The summed E-state index contributed by atoms with van der Waals surface area (Å²) in [6.45, 7) is 2.54. The smallest absolute Gasteiger partial charge is 0.229 e. The molecule has 0 radical (unpaired) electrons. The molecule has 1 aliphatic rings. The Hall–Kier alpha value is -3.76. The quantitative estimate of drug-likeness (QED) is 0.355. The Morgan fingerprint density at radius 1 is 1.08 bits per heavy atom. The maximum absolute atomic E-state index is 11.8. The first-order chi connectivity index (χ1) is 17.3. The van der Waals surface area contributed by atoms with Gasteiger partial charge in [-0.3, -0.25) is 14.7 Å². The van der Waals surface area contributed by atoms with E-state index in [1.807, 2.05) is 55.6 Å². The van der Waals surface area contributed by atoms with E-state index in [2.05, 4.69) is 47.8 Å². The first-order valence-corrected chi connectivity index (χ1v) is 13.7. The predicted molar refractivity (Wildman–Crippen MR) is 145 cm³/mol. The third-order valence-electron chi connectivity index (χ3n) is 6.12. The maximum atomic E-state index is 11.8. The summed E-state index contributed by atoms with van der Waals surface area (Å²) >= 11 is 5.84. The van der Waals surface area contributed by atoms with Crippen LogP contribution in [0.1, 0.15) is 34.6 Å². The topological polar surface area (TPSA) is 92.2 Å². The van der Waals surface area contributed by atoms with Crippen molar-refractivity contribution in [3.05, 3.63) is 108 Å². The molecule has 3 aromatic heterocycles. The molecular weight excluding hydrogens is 492 g/mol. The molecule has 4 aromatic rings. The van der Waals surface area contributed by atoms with Crippen LogP contribution in [0.25, 0.3) is 0 Å². The minimum absolute atomic E-state index is 0.185. The third-order valence-corrected chi connectivity index (χ3v) is 7.03. The van der Waals surface area contributed by atoms with Crippen molar-refractivity contribution in [1.82, 2.24) is 19.9 Å². The van der Waals surface area contributed by atoms with E-state index in [1.54, 1.807) is 18.5 Å². The normalized spacial score (nSPS) is 17.7. The van der Waals surface area contributed by atoms with E-state index >= 15 is 0 Å². The minimum atomic E-state index is -3.39. The number of nitrogens with one attached hydrogen (secondary N) is 2. The number of sulfonamides is 1. The van der Waals surface area contributed by atoms with Gasteiger partial charge in [-0.05, 0) is 78.8 Å². The molecule has 0 bridgehead atoms. The number of pyridine rings is 2. The Kier molecular flexibility index (Phi) is 6.46. The molecule has 8 nitrogen and oxygen atoms in total. The van der Waals surface area contributed by atoms with Crippen molar-refractivity contribution < 1.29 is 8.42 Å². The summed E-state index contributed by atoms with van der Waals surface area (Å²) in [5.41, 5.74) is 5.24. The van der Waals surface area contributed by atoms with Crippen LogP contribution >= 0.6 is 12.2 Å². The number of aromatic nitrogens is 3. The van der Waals surface area contributed by atoms with E-state index in [0.717, 1.165) is 34.5 Å². The summed E-state index contributed by atoms with van der Waals surface area (Å²) in [7, 11) is -3.39. The van der Waals surface area contributed by atoms with Crippen LogP contribution < -0.4 is 14.9 Å². The number of nitrogens with zero attached hydrogens (tertiary/aromatic N) is 4. The van der Waals surface area contributed by atoms with Crippen molar-refractivity contribution in [1.29, 1.82) is 0 Å². The lowest BCUT2D eigenvalue weighted by Gasteiger charge is -2.29. The molecule has 1 aliphatic heterocycles. The van der Waals surface area contributed by atoms with Gasteiger partial charge in [-0.15, -0.1) is 0 Å². The summed E-state index contributed by atoms with van der Waals surface area (Å²) < 4.78 is 28.3. The van der Waals surface area contributed by atoms with Gasteiger partial charge in [0.05, 0.1) is 23.7 Å². The van der Waals surface area contributed by atoms with E-state index in [1.165, 1.54) is 0 Å². The zero-order chi connectivity index (χ0) is 25.3. The van der Waals surface area contributed by atoms with E-state index in [9.17, 15) is 8.42 Å². The van der Waals surface area contributed by atoms with Gasteiger partial charge in [0.25, 0.3) is 0 Å². The summed E-state index contributed by atoms with van der Waals surface area (Å²) in [5.74, 6) is 0. The predicted octanol–water partition coefficient (Wildman–Crippen LogP) is 4.18. The second-order valence-electron chi connectivity index (χ2n) is 8.79. The molecule has 5 rings (SSSR count). The van der Waals surface area contributed by atoms with Gasteiger partial charge in [-0.25, -0.2) is 8.42 Å². The van der Waals surface area contributed by atoms with Gasteiger partial charge in [0.15, 0.2) is 5.11 Å². The average molecular weight is 519 g/mol. The van der Waals surface area contributed by atoms with E-state index < -0.39 is 10.0 Å². The van der Waals surface area contributed by atoms with Crippen LogP contribution in [-0.2, 0) is 16.6 Å². The largest absolute Gasteiger partial charge is 0.351 e. The van der Waals surface area contributed by atoms with Crippen LogP contribution in [0, 0.1) is 6.92 Å². The van der Waals surface area contributed by atoms with Crippen molar-refractivity contribution in [3.63, 3.8) is 0 Å². The monoisotopic (exact) mass is 518 g/mol. The van der Waals surface area contributed by atoms with Gasteiger partial charge < -0.3 is 14.8 Å². The second-order valence-corrected chi connectivity index (χ2v) is 10.9.